The number of likely N-dealkylation sites (N-methyl/N-ethyl adjacent to an activating group) is 1. The van der Waals surface area contributed by atoms with E-state index in [2.05, 4.69) is 23.7 Å². The van der Waals surface area contributed by atoms with Crippen molar-refractivity contribution in [3.05, 3.63) is 47.2 Å². The molecule has 152 valence electrons. The number of benzene rings is 1. The van der Waals surface area contributed by atoms with Gasteiger partial charge in [0.15, 0.2) is 5.13 Å². The molecule has 0 aliphatic rings. The van der Waals surface area contributed by atoms with Crippen LogP contribution in [0.2, 0.25) is 0 Å². The molecule has 0 fully saturated rings. The largest absolute Gasteiger partial charge is 0.466 e. The summed E-state index contributed by atoms with van der Waals surface area (Å²) in [5.74, 6) is 0.727. The molecule has 0 radical (unpaired) electrons. The second-order valence-electron chi connectivity index (χ2n) is 6.39. The minimum atomic E-state index is -0.374. The van der Waals surface area contributed by atoms with Crippen LogP contribution in [0, 0.1) is 19.7 Å². The third-order valence-corrected chi connectivity index (χ3v) is 5.68. The highest BCUT2D eigenvalue weighted by molar-refractivity contribution is 7.22. The molecule has 1 aromatic carbocycles. The number of carbonyl (C=O) groups excluding carboxylic acids is 1. The average Bonchev–Trinajstić information content (AvgIpc) is 3.22. The van der Waals surface area contributed by atoms with Crippen LogP contribution >= 0.6 is 23.7 Å². The average molecular weight is 426 g/mol. The smallest absolute Gasteiger partial charge is 0.263 e. The van der Waals surface area contributed by atoms with Gasteiger partial charge in [-0.2, -0.15) is 0 Å². The lowest BCUT2D eigenvalue weighted by molar-refractivity contribution is 0.0982. The minimum absolute atomic E-state index is 0. The number of halogens is 2. The summed E-state index contributed by atoms with van der Waals surface area (Å²) < 4.78 is 20.4. The van der Waals surface area contributed by atoms with E-state index in [4.69, 9.17) is 4.42 Å². The lowest BCUT2D eigenvalue weighted by Crippen LogP contribution is -2.39. The first-order valence-electron chi connectivity index (χ1n) is 9.10. The summed E-state index contributed by atoms with van der Waals surface area (Å²) in [6, 6.07) is 6.61. The summed E-state index contributed by atoms with van der Waals surface area (Å²) in [6.45, 7) is 10.8. The van der Waals surface area contributed by atoms with Gasteiger partial charge in [0.2, 0.25) is 0 Å². The summed E-state index contributed by atoms with van der Waals surface area (Å²) in [5, 5.41) is 0.505. The number of hydrogen-bond donors (Lipinski definition) is 0. The maximum atomic E-state index is 14.1. The first-order valence-corrected chi connectivity index (χ1v) is 9.92. The Balaban J connectivity index is 0.00000280. The number of aryl methyl sites for hydroxylation is 2. The zero-order chi connectivity index (χ0) is 19.6. The Kier molecular flexibility index (Phi) is 7.57. The Morgan fingerprint density at radius 3 is 2.50 bits per heavy atom. The molecule has 0 N–H and O–H groups in total. The molecule has 0 aliphatic carbocycles. The summed E-state index contributed by atoms with van der Waals surface area (Å²) >= 11 is 1.33. The normalized spacial score (nSPS) is 11.1. The molecule has 2 heterocycles. The number of thiazole rings is 1. The summed E-state index contributed by atoms with van der Waals surface area (Å²) in [7, 11) is 0. The van der Waals surface area contributed by atoms with Gasteiger partial charge >= 0.3 is 0 Å². The Bertz CT molecular complexity index is 952. The molecule has 1 amide bonds. The van der Waals surface area contributed by atoms with Crippen LogP contribution in [0.15, 0.2) is 28.7 Å². The molecular weight excluding hydrogens is 401 g/mol. The van der Waals surface area contributed by atoms with Crippen LogP contribution in [0.5, 0.6) is 0 Å². The molecule has 0 atom stereocenters. The van der Waals surface area contributed by atoms with Crippen molar-refractivity contribution in [2.45, 2.75) is 27.7 Å². The molecule has 0 bridgehead atoms. The molecule has 0 saturated heterocycles. The van der Waals surface area contributed by atoms with E-state index in [1.165, 1.54) is 17.4 Å². The third-order valence-electron chi connectivity index (χ3n) is 4.64. The first kappa shape index (κ1) is 22.3. The molecule has 0 aliphatic heterocycles. The molecule has 2 aromatic heterocycles. The van der Waals surface area contributed by atoms with Crippen molar-refractivity contribution in [1.29, 1.82) is 0 Å². The highest BCUT2D eigenvalue weighted by Gasteiger charge is 2.25. The number of nitrogens with zero attached hydrogens (tertiary/aromatic N) is 3. The van der Waals surface area contributed by atoms with E-state index in [9.17, 15) is 9.18 Å². The molecular formula is C20H25ClFN3O2S. The van der Waals surface area contributed by atoms with E-state index in [0.717, 1.165) is 17.8 Å². The zero-order valence-electron chi connectivity index (χ0n) is 16.5. The van der Waals surface area contributed by atoms with E-state index in [0.29, 0.717) is 40.8 Å². The standard InChI is InChI=1S/C20H24FN3O2S.ClH/c1-5-23(6-2)10-11-24(19(25)15-12-13(3)26-14(15)4)20-22-18-16(21)8-7-9-17(18)27-20;/h7-9,12H,5-6,10-11H2,1-4H3;1H. The van der Waals surface area contributed by atoms with Gasteiger partial charge in [0.05, 0.1) is 10.3 Å². The number of rotatable bonds is 7. The summed E-state index contributed by atoms with van der Waals surface area (Å²) in [5.41, 5.74) is 0.824. The Morgan fingerprint density at radius 2 is 1.93 bits per heavy atom. The second kappa shape index (κ2) is 9.49. The van der Waals surface area contributed by atoms with Gasteiger partial charge in [0, 0.05) is 13.1 Å². The number of furan rings is 1. The van der Waals surface area contributed by atoms with E-state index in [1.54, 1.807) is 24.0 Å². The fourth-order valence-corrected chi connectivity index (χ4v) is 4.08. The van der Waals surface area contributed by atoms with Crippen molar-refractivity contribution < 1.29 is 13.6 Å². The number of fused-ring (bicyclic) bond motifs is 1. The quantitative estimate of drug-likeness (QED) is 0.531. The van der Waals surface area contributed by atoms with Crippen molar-refractivity contribution in [3.63, 3.8) is 0 Å². The Hall–Kier alpha value is -1.96. The van der Waals surface area contributed by atoms with Crippen molar-refractivity contribution in [3.8, 4) is 0 Å². The molecule has 8 heteroatoms. The highest BCUT2D eigenvalue weighted by atomic mass is 35.5. The van der Waals surface area contributed by atoms with Gasteiger partial charge in [-0.15, -0.1) is 12.4 Å². The van der Waals surface area contributed by atoms with E-state index >= 15 is 0 Å². The summed E-state index contributed by atoms with van der Waals surface area (Å²) in [4.78, 5) is 21.6. The number of anilines is 1. The van der Waals surface area contributed by atoms with Crippen molar-refractivity contribution in [2.24, 2.45) is 0 Å². The van der Waals surface area contributed by atoms with Gasteiger partial charge < -0.3 is 9.32 Å². The third kappa shape index (κ3) is 4.54. The van der Waals surface area contributed by atoms with Crippen LogP contribution in [0.1, 0.15) is 35.7 Å². The van der Waals surface area contributed by atoms with Crippen molar-refractivity contribution in [2.75, 3.05) is 31.1 Å². The Morgan fingerprint density at radius 1 is 1.21 bits per heavy atom. The first-order chi connectivity index (χ1) is 12.9. The maximum absolute atomic E-state index is 14.1. The molecule has 5 nitrogen and oxygen atoms in total. The number of aromatic nitrogens is 1. The number of para-hydroxylation sites is 1. The second-order valence-corrected chi connectivity index (χ2v) is 7.40. The maximum Gasteiger partial charge on any atom is 0.263 e. The fourth-order valence-electron chi connectivity index (χ4n) is 3.07. The number of carbonyl (C=O) groups is 1. The van der Waals surface area contributed by atoms with Crippen LogP contribution in [0.3, 0.4) is 0 Å². The molecule has 3 rings (SSSR count). The van der Waals surface area contributed by atoms with E-state index < -0.39 is 0 Å². The predicted octanol–water partition coefficient (Wildman–Crippen LogP) is 5.06. The molecule has 0 saturated carbocycles. The van der Waals surface area contributed by atoms with Crippen molar-refractivity contribution >= 4 is 45.0 Å². The molecule has 3 aromatic rings. The lowest BCUT2D eigenvalue weighted by Gasteiger charge is -2.24. The number of amides is 1. The topological polar surface area (TPSA) is 49.6 Å². The SMILES string of the molecule is CCN(CC)CCN(C(=O)c1cc(C)oc1C)c1nc2c(F)cccc2s1.Cl. The van der Waals surface area contributed by atoms with Crippen molar-refractivity contribution in [1.82, 2.24) is 9.88 Å². The Labute approximate surface area is 174 Å². The molecule has 0 unspecified atom stereocenters. The molecule has 28 heavy (non-hydrogen) atoms. The van der Waals surface area contributed by atoms with Gasteiger partial charge in [-0.05, 0) is 45.1 Å². The van der Waals surface area contributed by atoms with Gasteiger partial charge in [-0.1, -0.05) is 31.3 Å². The van der Waals surface area contributed by atoms with Crippen LogP contribution in [-0.2, 0) is 0 Å². The predicted molar refractivity (Wildman–Crippen MR) is 114 cm³/mol. The van der Waals surface area contributed by atoms with E-state index in [-0.39, 0.29) is 24.1 Å². The zero-order valence-corrected chi connectivity index (χ0v) is 18.1. The lowest BCUT2D eigenvalue weighted by atomic mass is 10.2. The van der Waals surface area contributed by atoms with Gasteiger partial charge in [-0.3, -0.25) is 9.69 Å². The van der Waals surface area contributed by atoms with Gasteiger partial charge in [0.25, 0.3) is 5.91 Å². The van der Waals surface area contributed by atoms with Gasteiger partial charge in [0.1, 0.15) is 22.9 Å². The number of hydrogen-bond acceptors (Lipinski definition) is 5. The van der Waals surface area contributed by atoms with E-state index in [1.807, 2.05) is 13.0 Å². The highest BCUT2D eigenvalue weighted by Crippen LogP contribution is 2.31. The van der Waals surface area contributed by atoms with Crippen LogP contribution in [0.4, 0.5) is 9.52 Å². The molecule has 0 spiro atoms. The fraction of sp³-hybridized carbons (Fsp3) is 0.400. The summed E-state index contributed by atoms with van der Waals surface area (Å²) in [6.07, 6.45) is 0. The van der Waals surface area contributed by atoms with Gasteiger partial charge in [-0.25, -0.2) is 9.37 Å². The van der Waals surface area contributed by atoms with Crippen LogP contribution in [-0.4, -0.2) is 42.0 Å². The minimum Gasteiger partial charge on any atom is -0.466 e. The monoisotopic (exact) mass is 425 g/mol. The van der Waals surface area contributed by atoms with Crippen LogP contribution < -0.4 is 4.90 Å². The van der Waals surface area contributed by atoms with Crippen LogP contribution in [0.25, 0.3) is 10.2 Å².